The van der Waals surface area contributed by atoms with Crippen LogP contribution in [-0.2, 0) is 6.42 Å². The first-order valence-electron chi connectivity index (χ1n) is 5.10. The van der Waals surface area contributed by atoms with E-state index in [1.54, 1.807) is 4.68 Å². The summed E-state index contributed by atoms with van der Waals surface area (Å²) in [5.74, 6) is 0.741. The average molecular weight is 222 g/mol. The van der Waals surface area contributed by atoms with Gasteiger partial charge in [0.05, 0.1) is 6.20 Å². The van der Waals surface area contributed by atoms with Crippen molar-refractivity contribution < 1.29 is 5.11 Å². The zero-order valence-electron chi connectivity index (χ0n) is 9.20. The lowest BCUT2D eigenvalue weighted by Gasteiger charge is -2.11. The average Bonchev–Trinajstić information content (AvgIpc) is 2.86. The van der Waals surface area contributed by atoms with Crippen LogP contribution in [0.5, 0.6) is 0 Å². The third-order valence-corrected chi connectivity index (χ3v) is 2.29. The topological polar surface area (TPSA) is 92.5 Å². The largest absolute Gasteiger partial charge is 0.386 e. The van der Waals surface area contributed by atoms with Gasteiger partial charge in [-0.3, -0.25) is 0 Å². The Kier molecular flexibility index (Phi) is 2.95. The fourth-order valence-electron chi connectivity index (χ4n) is 1.50. The summed E-state index contributed by atoms with van der Waals surface area (Å²) < 4.78 is 1.78. The number of aromatic amines is 1. The third kappa shape index (κ3) is 2.08. The molecule has 7 heteroatoms. The Labute approximate surface area is 92.5 Å². The molecule has 0 aliphatic rings. The number of nitrogens with one attached hydrogen (secondary N) is 1. The molecule has 2 aromatic rings. The molecule has 16 heavy (non-hydrogen) atoms. The van der Waals surface area contributed by atoms with Crippen LogP contribution in [0.25, 0.3) is 0 Å². The molecule has 2 aromatic heterocycles. The van der Waals surface area contributed by atoms with E-state index in [1.807, 2.05) is 13.8 Å². The van der Waals surface area contributed by atoms with E-state index < -0.39 is 6.10 Å². The normalized spacial score (nSPS) is 13.2. The molecule has 86 valence electrons. The van der Waals surface area contributed by atoms with Crippen molar-refractivity contribution in [1.82, 2.24) is 30.2 Å². The molecule has 0 fully saturated rings. The molecule has 0 amide bonds. The van der Waals surface area contributed by atoms with Gasteiger partial charge < -0.3 is 5.11 Å². The van der Waals surface area contributed by atoms with Gasteiger partial charge in [-0.25, -0.2) is 9.67 Å². The number of aliphatic hydroxyl groups excluding tert-OH is 1. The molecule has 0 aliphatic heterocycles. The summed E-state index contributed by atoms with van der Waals surface area (Å²) in [5, 5.41) is 23.9. The lowest BCUT2D eigenvalue weighted by atomic mass is 10.2. The molecule has 0 saturated carbocycles. The Balaban J connectivity index is 2.12. The van der Waals surface area contributed by atoms with Gasteiger partial charge in [-0.1, -0.05) is 0 Å². The zero-order chi connectivity index (χ0) is 11.5. The van der Waals surface area contributed by atoms with Crippen LogP contribution in [0.4, 0.5) is 0 Å². The van der Waals surface area contributed by atoms with Gasteiger partial charge in [0.15, 0.2) is 0 Å². The van der Waals surface area contributed by atoms with E-state index >= 15 is 0 Å². The van der Waals surface area contributed by atoms with Gasteiger partial charge in [-0.2, -0.15) is 20.5 Å². The summed E-state index contributed by atoms with van der Waals surface area (Å²) in [7, 11) is 0. The van der Waals surface area contributed by atoms with Crippen molar-refractivity contribution in [2.24, 2.45) is 0 Å². The minimum atomic E-state index is -0.708. The molecule has 7 nitrogen and oxygen atoms in total. The molecule has 2 N–H and O–H groups in total. The van der Waals surface area contributed by atoms with Gasteiger partial charge >= 0.3 is 0 Å². The van der Waals surface area contributed by atoms with E-state index in [1.165, 1.54) is 12.5 Å². The highest BCUT2D eigenvalue weighted by atomic mass is 16.3. The lowest BCUT2D eigenvalue weighted by molar-refractivity contribution is 0.168. The van der Waals surface area contributed by atoms with E-state index in [4.69, 9.17) is 0 Å². The first-order chi connectivity index (χ1) is 7.68. The first kappa shape index (κ1) is 10.7. The Hall–Kier alpha value is -1.76. The van der Waals surface area contributed by atoms with Gasteiger partial charge in [-0.15, -0.1) is 0 Å². The molecule has 1 unspecified atom stereocenters. The molecular weight excluding hydrogens is 208 g/mol. The van der Waals surface area contributed by atoms with Gasteiger partial charge in [0.2, 0.25) is 0 Å². The summed E-state index contributed by atoms with van der Waals surface area (Å²) in [6.45, 7) is 4.03. The summed E-state index contributed by atoms with van der Waals surface area (Å²) in [6.07, 6.45) is 2.66. The zero-order valence-corrected chi connectivity index (χ0v) is 9.20. The summed E-state index contributed by atoms with van der Waals surface area (Å²) in [4.78, 5) is 4.12. The predicted molar refractivity (Wildman–Crippen MR) is 55.5 cm³/mol. The van der Waals surface area contributed by atoms with Crippen molar-refractivity contribution in [3.63, 3.8) is 0 Å². The van der Waals surface area contributed by atoms with Crippen molar-refractivity contribution in [3.05, 3.63) is 24.0 Å². The minimum Gasteiger partial charge on any atom is -0.386 e. The van der Waals surface area contributed by atoms with Gasteiger partial charge in [0.1, 0.15) is 23.9 Å². The number of rotatable bonds is 4. The maximum atomic E-state index is 9.88. The van der Waals surface area contributed by atoms with E-state index in [2.05, 4.69) is 25.5 Å². The second kappa shape index (κ2) is 4.40. The van der Waals surface area contributed by atoms with Gasteiger partial charge in [-0.05, 0) is 13.8 Å². The standard InChI is InChI=1S/C9H14N6O/c1-6(2)15-9(10-5-12-15)3-8(16)7-4-11-14-13-7/h4-6,8,16H,3H2,1-2H3,(H,11,13,14). The molecule has 1 atom stereocenters. The fraction of sp³-hybridized carbons (Fsp3) is 0.556. The third-order valence-electron chi connectivity index (χ3n) is 2.29. The minimum absolute atomic E-state index is 0.224. The van der Waals surface area contributed by atoms with Crippen LogP contribution in [0.1, 0.15) is 37.5 Å². The number of aromatic nitrogens is 6. The lowest BCUT2D eigenvalue weighted by Crippen LogP contribution is -2.12. The van der Waals surface area contributed by atoms with Crippen LogP contribution in [0, 0.1) is 0 Å². The molecule has 0 saturated heterocycles. The molecule has 2 heterocycles. The van der Waals surface area contributed by atoms with E-state index in [-0.39, 0.29) is 6.04 Å². The Morgan fingerprint density at radius 3 is 2.94 bits per heavy atom. The van der Waals surface area contributed by atoms with E-state index in [0.29, 0.717) is 12.1 Å². The Morgan fingerprint density at radius 2 is 2.31 bits per heavy atom. The van der Waals surface area contributed by atoms with Crippen molar-refractivity contribution >= 4 is 0 Å². The highest BCUT2D eigenvalue weighted by Gasteiger charge is 2.16. The predicted octanol–water partition coefficient (Wildman–Crippen LogP) is 0.253. The van der Waals surface area contributed by atoms with Crippen molar-refractivity contribution in [3.8, 4) is 0 Å². The molecular formula is C9H14N6O. The van der Waals surface area contributed by atoms with Crippen LogP contribution in [0.15, 0.2) is 12.5 Å². The first-order valence-corrected chi connectivity index (χ1v) is 5.10. The van der Waals surface area contributed by atoms with Gasteiger partial charge in [0.25, 0.3) is 0 Å². The van der Waals surface area contributed by atoms with Crippen molar-refractivity contribution in [1.29, 1.82) is 0 Å². The molecule has 0 aliphatic carbocycles. The maximum absolute atomic E-state index is 9.88. The highest BCUT2D eigenvalue weighted by molar-refractivity contribution is 5.01. The summed E-state index contributed by atoms with van der Waals surface area (Å²) >= 11 is 0. The quantitative estimate of drug-likeness (QED) is 0.773. The maximum Gasteiger partial charge on any atom is 0.138 e. The molecule has 0 spiro atoms. The number of H-pyrrole nitrogens is 1. The van der Waals surface area contributed by atoms with Crippen molar-refractivity contribution in [2.75, 3.05) is 0 Å². The summed E-state index contributed by atoms with van der Waals surface area (Å²) in [5.41, 5.74) is 0.512. The second-order valence-corrected chi connectivity index (χ2v) is 3.83. The summed E-state index contributed by atoms with van der Waals surface area (Å²) in [6, 6.07) is 0.224. The van der Waals surface area contributed by atoms with Crippen LogP contribution in [0.2, 0.25) is 0 Å². The van der Waals surface area contributed by atoms with Crippen LogP contribution in [0.3, 0.4) is 0 Å². The number of hydrogen-bond acceptors (Lipinski definition) is 5. The highest BCUT2D eigenvalue weighted by Crippen LogP contribution is 2.15. The smallest absolute Gasteiger partial charge is 0.138 e. The monoisotopic (exact) mass is 222 g/mol. The SMILES string of the molecule is CC(C)n1ncnc1CC(O)c1cn[nH]n1. The Morgan fingerprint density at radius 1 is 1.50 bits per heavy atom. The Bertz CT molecular complexity index is 435. The number of aliphatic hydroxyl groups is 1. The van der Waals surface area contributed by atoms with E-state index in [9.17, 15) is 5.11 Å². The fourth-order valence-corrected chi connectivity index (χ4v) is 1.50. The number of hydrogen-bond donors (Lipinski definition) is 2. The molecule has 2 rings (SSSR count). The molecule has 0 radical (unpaired) electrons. The molecule has 0 bridgehead atoms. The van der Waals surface area contributed by atoms with Crippen molar-refractivity contribution in [2.45, 2.75) is 32.4 Å². The second-order valence-electron chi connectivity index (χ2n) is 3.83. The van der Waals surface area contributed by atoms with E-state index in [0.717, 1.165) is 5.82 Å². The molecule has 0 aromatic carbocycles. The van der Waals surface area contributed by atoms with Gasteiger partial charge in [0, 0.05) is 12.5 Å². The van der Waals surface area contributed by atoms with Crippen LogP contribution >= 0.6 is 0 Å². The van der Waals surface area contributed by atoms with Crippen LogP contribution < -0.4 is 0 Å². The van der Waals surface area contributed by atoms with Crippen LogP contribution in [-0.4, -0.2) is 35.3 Å². The number of nitrogens with zero attached hydrogens (tertiary/aromatic N) is 5.